The Morgan fingerprint density at radius 1 is 1.47 bits per heavy atom. The molecule has 0 saturated heterocycles. The van der Waals surface area contributed by atoms with Crippen LogP contribution in [-0.4, -0.2) is 26.4 Å². The standard InChI is InChI=1S/C13H13FN2O2S/c1-9-6-16(13(15-9)19-8-12(17)18)7-10-4-2-3-5-11(10)14/h2-6H,7-8H2,1H3,(H,17,18). The minimum absolute atomic E-state index is 0.0618. The molecule has 0 unspecified atom stereocenters. The number of hydrogen-bond donors (Lipinski definition) is 1. The van der Waals surface area contributed by atoms with Crippen molar-refractivity contribution in [3.63, 3.8) is 0 Å². The summed E-state index contributed by atoms with van der Waals surface area (Å²) >= 11 is 1.13. The molecule has 19 heavy (non-hydrogen) atoms. The maximum Gasteiger partial charge on any atom is 0.313 e. The third-order valence-electron chi connectivity index (χ3n) is 2.48. The molecule has 0 fully saturated rings. The Bertz CT molecular complexity index is 598. The van der Waals surface area contributed by atoms with Crippen molar-refractivity contribution in [2.24, 2.45) is 0 Å². The average molecular weight is 280 g/mol. The van der Waals surface area contributed by atoms with Gasteiger partial charge in [0.15, 0.2) is 5.16 Å². The fourth-order valence-electron chi connectivity index (χ4n) is 1.69. The van der Waals surface area contributed by atoms with Crippen LogP contribution in [0.4, 0.5) is 4.39 Å². The molecular formula is C13H13FN2O2S. The molecule has 1 aromatic carbocycles. The van der Waals surface area contributed by atoms with Crippen molar-refractivity contribution in [1.82, 2.24) is 9.55 Å². The Morgan fingerprint density at radius 2 is 2.21 bits per heavy atom. The van der Waals surface area contributed by atoms with Crippen LogP contribution in [0.25, 0.3) is 0 Å². The van der Waals surface area contributed by atoms with Gasteiger partial charge in [-0.25, -0.2) is 9.37 Å². The van der Waals surface area contributed by atoms with Gasteiger partial charge in [-0.3, -0.25) is 4.79 Å². The average Bonchev–Trinajstić information content (AvgIpc) is 2.70. The fraction of sp³-hybridized carbons (Fsp3) is 0.231. The van der Waals surface area contributed by atoms with Crippen molar-refractivity contribution in [3.8, 4) is 0 Å². The van der Waals surface area contributed by atoms with Crippen LogP contribution >= 0.6 is 11.8 Å². The summed E-state index contributed by atoms with van der Waals surface area (Å²) in [6.07, 6.45) is 1.79. The van der Waals surface area contributed by atoms with Gasteiger partial charge >= 0.3 is 5.97 Å². The van der Waals surface area contributed by atoms with E-state index in [4.69, 9.17) is 5.11 Å². The molecule has 2 aromatic rings. The first-order valence-electron chi connectivity index (χ1n) is 5.68. The number of hydrogen-bond acceptors (Lipinski definition) is 3. The van der Waals surface area contributed by atoms with Gasteiger partial charge in [-0.2, -0.15) is 0 Å². The van der Waals surface area contributed by atoms with E-state index in [9.17, 15) is 9.18 Å². The molecule has 0 amide bonds. The van der Waals surface area contributed by atoms with Crippen molar-refractivity contribution in [1.29, 1.82) is 0 Å². The van der Waals surface area contributed by atoms with Crippen molar-refractivity contribution in [2.75, 3.05) is 5.75 Å². The molecule has 0 radical (unpaired) electrons. The largest absolute Gasteiger partial charge is 0.481 e. The molecule has 0 aliphatic heterocycles. The van der Waals surface area contributed by atoms with Crippen LogP contribution in [0.15, 0.2) is 35.6 Å². The van der Waals surface area contributed by atoms with Gasteiger partial charge in [-0.05, 0) is 13.0 Å². The van der Waals surface area contributed by atoms with E-state index in [-0.39, 0.29) is 11.6 Å². The Kier molecular flexibility index (Phi) is 4.21. The molecule has 0 atom stereocenters. The maximum absolute atomic E-state index is 13.6. The number of halogens is 1. The topological polar surface area (TPSA) is 55.1 Å². The second-order valence-corrected chi connectivity index (χ2v) is 5.01. The number of nitrogens with zero attached hydrogens (tertiary/aromatic N) is 2. The molecule has 1 aromatic heterocycles. The Morgan fingerprint density at radius 3 is 2.89 bits per heavy atom. The highest BCUT2D eigenvalue weighted by Gasteiger charge is 2.10. The van der Waals surface area contributed by atoms with E-state index in [0.717, 1.165) is 17.5 Å². The molecule has 0 saturated carbocycles. The molecule has 4 nitrogen and oxygen atoms in total. The van der Waals surface area contributed by atoms with Crippen LogP contribution in [0, 0.1) is 12.7 Å². The molecule has 0 aliphatic carbocycles. The van der Waals surface area contributed by atoms with Gasteiger partial charge in [0.1, 0.15) is 5.82 Å². The zero-order chi connectivity index (χ0) is 13.8. The van der Waals surface area contributed by atoms with Gasteiger partial charge in [0.25, 0.3) is 0 Å². The van der Waals surface area contributed by atoms with Crippen molar-refractivity contribution in [3.05, 3.63) is 47.5 Å². The van der Waals surface area contributed by atoms with E-state index < -0.39 is 5.97 Å². The van der Waals surface area contributed by atoms with Crippen molar-refractivity contribution in [2.45, 2.75) is 18.6 Å². The third-order valence-corrected chi connectivity index (χ3v) is 3.46. The van der Waals surface area contributed by atoms with Gasteiger partial charge in [0.05, 0.1) is 18.0 Å². The van der Waals surface area contributed by atoms with Crippen molar-refractivity contribution >= 4 is 17.7 Å². The number of aliphatic carboxylic acids is 1. The van der Waals surface area contributed by atoms with E-state index in [1.807, 2.05) is 6.92 Å². The number of benzene rings is 1. The lowest BCUT2D eigenvalue weighted by atomic mass is 10.2. The third kappa shape index (κ3) is 3.57. The van der Waals surface area contributed by atoms with Crippen LogP contribution < -0.4 is 0 Å². The number of thioether (sulfide) groups is 1. The number of carboxylic acids is 1. The lowest BCUT2D eigenvalue weighted by Gasteiger charge is -2.07. The summed E-state index contributed by atoms with van der Waals surface area (Å²) in [5.41, 5.74) is 1.33. The number of aromatic nitrogens is 2. The first-order valence-corrected chi connectivity index (χ1v) is 6.66. The van der Waals surface area contributed by atoms with Gasteiger partial charge in [-0.1, -0.05) is 30.0 Å². The molecule has 1 heterocycles. The first kappa shape index (κ1) is 13.6. The van der Waals surface area contributed by atoms with Crippen LogP contribution in [0.5, 0.6) is 0 Å². The smallest absolute Gasteiger partial charge is 0.313 e. The molecule has 2 rings (SSSR count). The van der Waals surface area contributed by atoms with Crippen molar-refractivity contribution < 1.29 is 14.3 Å². The van der Waals surface area contributed by atoms with Gasteiger partial charge in [-0.15, -0.1) is 0 Å². The van der Waals surface area contributed by atoms with Gasteiger partial charge < -0.3 is 9.67 Å². The lowest BCUT2D eigenvalue weighted by Crippen LogP contribution is -2.04. The summed E-state index contributed by atoms with van der Waals surface area (Å²) in [4.78, 5) is 14.8. The van der Waals surface area contributed by atoms with Gasteiger partial charge in [0.2, 0.25) is 0 Å². The van der Waals surface area contributed by atoms with E-state index in [2.05, 4.69) is 4.98 Å². The Hall–Kier alpha value is -1.82. The number of imidazole rings is 1. The molecule has 0 aliphatic rings. The number of rotatable bonds is 5. The maximum atomic E-state index is 13.6. The summed E-state index contributed by atoms with van der Waals surface area (Å²) in [7, 11) is 0. The number of carboxylic acid groups (broad SMARTS) is 1. The monoisotopic (exact) mass is 280 g/mol. The summed E-state index contributed by atoms with van der Waals surface area (Å²) < 4.78 is 15.4. The van der Waals surface area contributed by atoms with Crippen LogP contribution in [-0.2, 0) is 11.3 Å². The summed E-state index contributed by atoms with van der Waals surface area (Å²) in [5, 5.41) is 9.27. The Labute approximate surface area is 114 Å². The quantitative estimate of drug-likeness (QED) is 0.855. The SMILES string of the molecule is Cc1cn(Cc2ccccc2F)c(SCC(=O)O)n1. The predicted octanol–water partition coefficient (Wildman–Crippen LogP) is 2.56. The normalized spacial score (nSPS) is 10.6. The highest BCUT2D eigenvalue weighted by atomic mass is 32.2. The lowest BCUT2D eigenvalue weighted by molar-refractivity contribution is -0.133. The molecular weight excluding hydrogens is 267 g/mol. The Balaban J connectivity index is 2.20. The van der Waals surface area contributed by atoms with E-state index >= 15 is 0 Å². The highest BCUT2D eigenvalue weighted by molar-refractivity contribution is 7.99. The molecule has 0 bridgehead atoms. The highest BCUT2D eigenvalue weighted by Crippen LogP contribution is 2.19. The number of aryl methyl sites for hydroxylation is 1. The minimum Gasteiger partial charge on any atom is -0.481 e. The van der Waals surface area contributed by atoms with E-state index in [1.165, 1.54) is 6.07 Å². The number of carbonyl (C=O) groups is 1. The van der Waals surface area contributed by atoms with E-state index in [0.29, 0.717) is 17.3 Å². The second kappa shape index (κ2) is 5.88. The summed E-state index contributed by atoms with van der Waals surface area (Å²) in [5.74, 6) is -1.24. The van der Waals surface area contributed by atoms with Crippen LogP contribution in [0.1, 0.15) is 11.3 Å². The zero-order valence-corrected chi connectivity index (χ0v) is 11.2. The second-order valence-electron chi connectivity index (χ2n) is 4.07. The molecule has 0 spiro atoms. The minimum atomic E-state index is -0.900. The predicted molar refractivity (Wildman–Crippen MR) is 70.8 cm³/mol. The first-order chi connectivity index (χ1) is 9.06. The fourth-order valence-corrected chi connectivity index (χ4v) is 2.43. The van der Waals surface area contributed by atoms with E-state index in [1.54, 1.807) is 29.0 Å². The molecule has 1 N–H and O–H groups in total. The molecule has 6 heteroatoms. The van der Waals surface area contributed by atoms with Gasteiger partial charge in [0, 0.05) is 11.8 Å². The van der Waals surface area contributed by atoms with Crippen LogP contribution in [0.3, 0.4) is 0 Å². The zero-order valence-electron chi connectivity index (χ0n) is 10.3. The summed E-state index contributed by atoms with van der Waals surface area (Å²) in [6, 6.07) is 6.52. The summed E-state index contributed by atoms with van der Waals surface area (Å²) in [6.45, 7) is 2.16. The molecule has 100 valence electrons. The van der Waals surface area contributed by atoms with Crippen LogP contribution in [0.2, 0.25) is 0 Å².